The molecule has 1 fully saturated rings. The molecule has 0 saturated heterocycles. The van der Waals surface area contributed by atoms with E-state index in [0.29, 0.717) is 24.0 Å². The number of nitrogens with one attached hydrogen (secondary N) is 1. The van der Waals surface area contributed by atoms with Crippen LogP contribution in [0.5, 0.6) is 5.75 Å². The highest BCUT2D eigenvalue weighted by Crippen LogP contribution is 2.21. The summed E-state index contributed by atoms with van der Waals surface area (Å²) in [6, 6.07) is 7.83. The van der Waals surface area contributed by atoms with Crippen LogP contribution < -0.4 is 10.1 Å². The van der Waals surface area contributed by atoms with Crippen LogP contribution in [0.4, 0.5) is 0 Å². The molecule has 104 valence electrons. The molecule has 1 aliphatic carbocycles. The first kappa shape index (κ1) is 13.9. The molecule has 2 rings (SSSR count). The fourth-order valence-corrected chi connectivity index (χ4v) is 2.50. The fraction of sp³-hybridized carbons (Fsp3) is 0.562. The molecule has 3 heteroatoms. The molecule has 0 spiro atoms. The maximum Gasteiger partial charge on any atom is 0.255 e. The van der Waals surface area contributed by atoms with Crippen LogP contribution in [0.3, 0.4) is 0 Å². The summed E-state index contributed by atoms with van der Waals surface area (Å²) in [7, 11) is 0. The molecule has 0 aromatic heterocycles. The molecular weight excluding hydrogens is 238 g/mol. The Kier molecular flexibility index (Phi) is 5.25. The van der Waals surface area contributed by atoms with Gasteiger partial charge >= 0.3 is 0 Å². The van der Waals surface area contributed by atoms with Crippen molar-refractivity contribution in [2.75, 3.05) is 6.61 Å². The number of carbonyl (C=O) groups excluding carboxylic acids is 1. The lowest BCUT2D eigenvalue weighted by atomic mass is 9.95. The van der Waals surface area contributed by atoms with Crippen molar-refractivity contribution in [2.45, 2.75) is 51.5 Å². The van der Waals surface area contributed by atoms with E-state index < -0.39 is 0 Å². The van der Waals surface area contributed by atoms with Gasteiger partial charge in [0.15, 0.2) is 0 Å². The van der Waals surface area contributed by atoms with Gasteiger partial charge in [-0.3, -0.25) is 4.79 Å². The van der Waals surface area contributed by atoms with E-state index in [1.54, 1.807) is 0 Å². The number of rotatable bonds is 5. The third kappa shape index (κ3) is 3.98. The highest BCUT2D eigenvalue weighted by atomic mass is 16.5. The number of benzene rings is 1. The predicted octanol–water partition coefficient (Wildman–Crippen LogP) is 3.54. The number of hydrogen-bond acceptors (Lipinski definition) is 2. The van der Waals surface area contributed by atoms with Crippen molar-refractivity contribution in [1.29, 1.82) is 0 Å². The zero-order valence-corrected chi connectivity index (χ0v) is 11.7. The molecule has 0 aliphatic heterocycles. The Hall–Kier alpha value is -1.51. The first-order valence-electron chi connectivity index (χ1n) is 7.34. The topological polar surface area (TPSA) is 38.3 Å². The van der Waals surface area contributed by atoms with Crippen LogP contribution in [0.25, 0.3) is 0 Å². The van der Waals surface area contributed by atoms with Gasteiger partial charge < -0.3 is 10.1 Å². The average molecular weight is 261 g/mol. The van der Waals surface area contributed by atoms with Gasteiger partial charge in [0.25, 0.3) is 5.91 Å². The zero-order valence-electron chi connectivity index (χ0n) is 11.7. The number of carbonyl (C=O) groups is 1. The van der Waals surface area contributed by atoms with E-state index >= 15 is 0 Å². The maximum atomic E-state index is 12.3. The van der Waals surface area contributed by atoms with Crippen LogP contribution >= 0.6 is 0 Å². The van der Waals surface area contributed by atoms with Crippen molar-refractivity contribution >= 4 is 5.91 Å². The van der Waals surface area contributed by atoms with Gasteiger partial charge in [-0.1, -0.05) is 38.3 Å². The molecule has 1 amide bonds. The van der Waals surface area contributed by atoms with E-state index in [1.807, 2.05) is 24.3 Å². The lowest BCUT2D eigenvalue weighted by molar-refractivity contribution is 0.0923. The van der Waals surface area contributed by atoms with Crippen LogP contribution in [0, 0.1) is 0 Å². The van der Waals surface area contributed by atoms with Gasteiger partial charge in [-0.15, -0.1) is 0 Å². The molecule has 0 radical (unpaired) electrons. The lowest BCUT2D eigenvalue weighted by Crippen LogP contribution is -2.36. The van der Waals surface area contributed by atoms with E-state index in [4.69, 9.17) is 4.74 Å². The van der Waals surface area contributed by atoms with Crippen molar-refractivity contribution in [2.24, 2.45) is 0 Å². The van der Waals surface area contributed by atoms with Crippen molar-refractivity contribution < 1.29 is 9.53 Å². The summed E-state index contributed by atoms with van der Waals surface area (Å²) in [4.78, 5) is 12.3. The van der Waals surface area contributed by atoms with Crippen LogP contribution in [-0.2, 0) is 0 Å². The molecule has 0 atom stereocenters. The summed E-state index contributed by atoms with van der Waals surface area (Å²) >= 11 is 0. The highest BCUT2D eigenvalue weighted by molar-refractivity contribution is 5.97. The summed E-state index contributed by atoms with van der Waals surface area (Å²) in [5, 5.41) is 3.13. The van der Waals surface area contributed by atoms with Gasteiger partial charge in [0.05, 0.1) is 12.2 Å². The van der Waals surface area contributed by atoms with Crippen LogP contribution in [-0.4, -0.2) is 18.6 Å². The summed E-state index contributed by atoms with van der Waals surface area (Å²) < 4.78 is 5.64. The van der Waals surface area contributed by atoms with Gasteiger partial charge in [0, 0.05) is 6.04 Å². The van der Waals surface area contributed by atoms with E-state index in [9.17, 15) is 4.79 Å². The lowest BCUT2D eigenvalue weighted by Gasteiger charge is -2.23. The third-order valence-corrected chi connectivity index (χ3v) is 3.53. The maximum absolute atomic E-state index is 12.3. The van der Waals surface area contributed by atoms with E-state index in [0.717, 1.165) is 19.3 Å². The molecule has 1 aromatic carbocycles. The molecule has 1 aromatic rings. The first-order chi connectivity index (χ1) is 9.31. The van der Waals surface area contributed by atoms with Crippen LogP contribution in [0.1, 0.15) is 55.8 Å². The predicted molar refractivity (Wildman–Crippen MR) is 76.6 cm³/mol. The van der Waals surface area contributed by atoms with E-state index in [1.165, 1.54) is 19.3 Å². The Morgan fingerprint density at radius 2 is 2.00 bits per heavy atom. The minimum atomic E-state index is -0.00129. The summed E-state index contributed by atoms with van der Waals surface area (Å²) in [5.41, 5.74) is 0.654. The fourth-order valence-electron chi connectivity index (χ4n) is 2.50. The Labute approximate surface area is 115 Å². The van der Waals surface area contributed by atoms with Crippen LogP contribution in [0.2, 0.25) is 0 Å². The Morgan fingerprint density at radius 1 is 1.26 bits per heavy atom. The number of amides is 1. The third-order valence-electron chi connectivity index (χ3n) is 3.53. The largest absolute Gasteiger partial charge is 0.493 e. The minimum absolute atomic E-state index is 0.00129. The van der Waals surface area contributed by atoms with E-state index in [2.05, 4.69) is 12.2 Å². The average Bonchev–Trinajstić information content (AvgIpc) is 2.46. The van der Waals surface area contributed by atoms with Crippen molar-refractivity contribution in [3.8, 4) is 5.75 Å². The summed E-state index contributed by atoms with van der Waals surface area (Å²) in [5.74, 6) is 0.691. The smallest absolute Gasteiger partial charge is 0.255 e. The van der Waals surface area contributed by atoms with Crippen molar-refractivity contribution in [3.05, 3.63) is 29.8 Å². The molecule has 1 saturated carbocycles. The monoisotopic (exact) mass is 261 g/mol. The molecule has 1 aliphatic rings. The molecule has 0 unspecified atom stereocenters. The first-order valence-corrected chi connectivity index (χ1v) is 7.34. The van der Waals surface area contributed by atoms with Gasteiger partial charge in [-0.25, -0.2) is 0 Å². The number of para-hydroxylation sites is 1. The Balaban J connectivity index is 2.00. The molecule has 0 bridgehead atoms. The van der Waals surface area contributed by atoms with Gasteiger partial charge in [-0.05, 0) is 31.4 Å². The number of hydrogen-bond donors (Lipinski definition) is 1. The quantitative estimate of drug-likeness (QED) is 0.880. The molecule has 19 heavy (non-hydrogen) atoms. The minimum Gasteiger partial charge on any atom is -0.493 e. The van der Waals surface area contributed by atoms with Gasteiger partial charge in [-0.2, -0.15) is 0 Å². The second-order valence-corrected chi connectivity index (χ2v) is 5.15. The molecular formula is C16H23NO2. The zero-order chi connectivity index (χ0) is 13.5. The van der Waals surface area contributed by atoms with E-state index in [-0.39, 0.29) is 5.91 Å². The second-order valence-electron chi connectivity index (χ2n) is 5.15. The van der Waals surface area contributed by atoms with Gasteiger partial charge in [0.2, 0.25) is 0 Å². The standard InChI is InChI=1S/C16H23NO2/c1-2-12-19-15-11-7-6-10-14(15)16(18)17-13-8-4-3-5-9-13/h6-7,10-11,13H,2-5,8-9,12H2,1H3,(H,17,18). The van der Waals surface area contributed by atoms with Crippen LogP contribution in [0.15, 0.2) is 24.3 Å². The highest BCUT2D eigenvalue weighted by Gasteiger charge is 2.18. The second kappa shape index (κ2) is 7.17. The molecule has 0 heterocycles. The molecule has 3 nitrogen and oxygen atoms in total. The SMILES string of the molecule is CCCOc1ccccc1C(=O)NC1CCCCC1. The summed E-state index contributed by atoms with van der Waals surface area (Å²) in [6.07, 6.45) is 6.88. The van der Waals surface area contributed by atoms with Gasteiger partial charge in [0.1, 0.15) is 5.75 Å². The summed E-state index contributed by atoms with van der Waals surface area (Å²) in [6.45, 7) is 2.71. The normalized spacial score (nSPS) is 16.1. The Morgan fingerprint density at radius 3 is 2.74 bits per heavy atom. The molecule has 1 N–H and O–H groups in total. The van der Waals surface area contributed by atoms with Crippen molar-refractivity contribution in [1.82, 2.24) is 5.32 Å². The number of ether oxygens (including phenoxy) is 1. The van der Waals surface area contributed by atoms with Crippen molar-refractivity contribution in [3.63, 3.8) is 0 Å². The Bertz CT molecular complexity index is 411.